The summed E-state index contributed by atoms with van der Waals surface area (Å²) in [4.78, 5) is 0. The van der Waals surface area contributed by atoms with Crippen LogP contribution >= 0.6 is 11.6 Å². The monoisotopic (exact) mass is 210 g/mol. The number of aliphatic hydroxyl groups excluding tert-OH is 1. The first-order valence-electron chi connectivity index (χ1n) is 5.14. The summed E-state index contributed by atoms with van der Waals surface area (Å²) in [6, 6.07) is 2.18. The van der Waals surface area contributed by atoms with Gasteiger partial charge in [0.1, 0.15) is 0 Å². The van der Waals surface area contributed by atoms with Crippen LogP contribution in [-0.2, 0) is 19.4 Å². The molecule has 0 aromatic heterocycles. The Labute approximate surface area is 89.7 Å². The normalized spacial score (nSPS) is 15.4. The smallest absolute Gasteiger partial charge is 0.0699 e. The Morgan fingerprint density at radius 2 is 2.07 bits per heavy atom. The summed E-state index contributed by atoms with van der Waals surface area (Å²) in [5.74, 6) is 0. The number of rotatable bonds is 1. The van der Waals surface area contributed by atoms with E-state index in [0.29, 0.717) is 0 Å². The van der Waals surface area contributed by atoms with Crippen LogP contribution in [0.25, 0.3) is 0 Å². The lowest BCUT2D eigenvalue weighted by molar-refractivity contribution is 0.280. The van der Waals surface area contributed by atoms with Gasteiger partial charge in [-0.3, -0.25) is 0 Å². The minimum absolute atomic E-state index is 0.0723. The number of hydrogen-bond acceptors (Lipinski definition) is 1. The van der Waals surface area contributed by atoms with Gasteiger partial charge in [0.25, 0.3) is 0 Å². The molecule has 0 radical (unpaired) electrons. The molecule has 0 bridgehead atoms. The summed E-state index contributed by atoms with van der Waals surface area (Å²) in [5, 5.41) is 10.1. The van der Waals surface area contributed by atoms with E-state index in [1.54, 1.807) is 0 Å². The van der Waals surface area contributed by atoms with Gasteiger partial charge in [-0.05, 0) is 54.9 Å². The van der Waals surface area contributed by atoms with E-state index in [-0.39, 0.29) is 6.61 Å². The van der Waals surface area contributed by atoms with Crippen molar-refractivity contribution in [2.75, 3.05) is 0 Å². The third-order valence-corrected chi connectivity index (χ3v) is 3.56. The van der Waals surface area contributed by atoms with E-state index in [0.717, 1.165) is 29.0 Å². The number of halogens is 1. The lowest BCUT2D eigenvalue weighted by Gasteiger charge is -2.21. The van der Waals surface area contributed by atoms with Crippen molar-refractivity contribution in [1.29, 1.82) is 0 Å². The third-order valence-electron chi connectivity index (χ3n) is 3.03. The van der Waals surface area contributed by atoms with Gasteiger partial charge >= 0.3 is 0 Å². The van der Waals surface area contributed by atoms with Crippen molar-refractivity contribution in [2.24, 2.45) is 0 Å². The van der Waals surface area contributed by atoms with Gasteiger partial charge < -0.3 is 5.11 Å². The van der Waals surface area contributed by atoms with E-state index in [1.807, 2.05) is 6.92 Å². The fourth-order valence-electron chi connectivity index (χ4n) is 2.29. The number of benzene rings is 1. The minimum Gasteiger partial charge on any atom is -0.392 e. The lowest BCUT2D eigenvalue weighted by atomic mass is 9.87. The lowest BCUT2D eigenvalue weighted by Crippen LogP contribution is -2.08. The maximum absolute atomic E-state index is 9.31. The van der Waals surface area contributed by atoms with Crippen LogP contribution in [-0.4, -0.2) is 5.11 Å². The van der Waals surface area contributed by atoms with Gasteiger partial charge in [0, 0.05) is 5.02 Å². The summed E-state index contributed by atoms with van der Waals surface area (Å²) in [5.41, 5.74) is 4.74. The van der Waals surface area contributed by atoms with E-state index in [4.69, 9.17) is 11.6 Å². The molecule has 76 valence electrons. The molecular weight excluding hydrogens is 196 g/mol. The van der Waals surface area contributed by atoms with Crippen molar-refractivity contribution in [3.05, 3.63) is 33.3 Å². The molecule has 0 spiro atoms. The van der Waals surface area contributed by atoms with E-state index >= 15 is 0 Å². The first-order chi connectivity index (χ1) is 6.74. The topological polar surface area (TPSA) is 20.2 Å². The molecule has 1 aliphatic rings. The molecule has 0 aliphatic heterocycles. The summed E-state index contributed by atoms with van der Waals surface area (Å²) >= 11 is 6.17. The molecule has 0 saturated heterocycles. The summed E-state index contributed by atoms with van der Waals surface area (Å²) in [6.07, 6.45) is 4.70. The molecule has 0 atom stereocenters. The zero-order valence-corrected chi connectivity index (χ0v) is 9.19. The van der Waals surface area contributed by atoms with Crippen LogP contribution in [0.1, 0.15) is 35.1 Å². The Kier molecular flexibility index (Phi) is 2.80. The number of hydrogen-bond donors (Lipinski definition) is 1. The largest absolute Gasteiger partial charge is 0.392 e. The van der Waals surface area contributed by atoms with Gasteiger partial charge in [0.05, 0.1) is 6.61 Å². The second-order valence-corrected chi connectivity index (χ2v) is 4.37. The van der Waals surface area contributed by atoms with Gasteiger partial charge in [0.2, 0.25) is 0 Å². The highest BCUT2D eigenvalue weighted by Crippen LogP contribution is 2.32. The van der Waals surface area contributed by atoms with Crippen LogP contribution < -0.4 is 0 Å². The molecule has 0 amide bonds. The van der Waals surface area contributed by atoms with Crippen LogP contribution in [0.2, 0.25) is 5.02 Å². The molecular formula is C12H15ClO. The van der Waals surface area contributed by atoms with Crippen LogP contribution in [0.4, 0.5) is 0 Å². The summed E-state index contributed by atoms with van der Waals surface area (Å²) < 4.78 is 0. The van der Waals surface area contributed by atoms with Gasteiger partial charge in [-0.2, -0.15) is 0 Å². The molecule has 1 nitrogen and oxygen atoms in total. The highest BCUT2D eigenvalue weighted by atomic mass is 35.5. The number of aryl methyl sites for hydroxylation is 2. The average molecular weight is 211 g/mol. The molecule has 0 unspecified atom stereocenters. The summed E-state index contributed by atoms with van der Waals surface area (Å²) in [6.45, 7) is 2.08. The third kappa shape index (κ3) is 1.55. The quantitative estimate of drug-likeness (QED) is 0.756. The zero-order chi connectivity index (χ0) is 10.1. The maximum atomic E-state index is 9.31. The minimum atomic E-state index is 0.0723. The van der Waals surface area contributed by atoms with E-state index in [1.165, 1.54) is 24.0 Å². The van der Waals surface area contributed by atoms with Gasteiger partial charge in [0.15, 0.2) is 0 Å². The Hall–Kier alpha value is -0.530. The standard InChI is InChI=1S/C12H15ClO/c1-8-6-9-4-2-3-5-10(9)11(7-14)12(8)13/h6,14H,2-5,7H2,1H3. The van der Waals surface area contributed by atoms with Crippen LogP contribution in [0, 0.1) is 6.92 Å². The molecule has 2 rings (SSSR count). The molecule has 0 heterocycles. The fourth-order valence-corrected chi connectivity index (χ4v) is 2.52. The molecule has 1 aromatic rings. The molecule has 0 saturated carbocycles. The van der Waals surface area contributed by atoms with Gasteiger partial charge in [-0.15, -0.1) is 0 Å². The first kappa shape index (κ1) is 10.0. The predicted octanol–water partition coefficient (Wildman–Crippen LogP) is 3.02. The van der Waals surface area contributed by atoms with Crippen molar-refractivity contribution in [1.82, 2.24) is 0 Å². The SMILES string of the molecule is Cc1cc2c(c(CO)c1Cl)CCCC2. The molecule has 1 N–H and O–H groups in total. The van der Waals surface area contributed by atoms with E-state index < -0.39 is 0 Å². The number of fused-ring (bicyclic) bond motifs is 1. The molecule has 14 heavy (non-hydrogen) atoms. The van der Waals surface area contributed by atoms with Crippen molar-refractivity contribution in [3.8, 4) is 0 Å². The van der Waals surface area contributed by atoms with E-state index in [2.05, 4.69) is 6.07 Å². The van der Waals surface area contributed by atoms with Crippen molar-refractivity contribution in [3.63, 3.8) is 0 Å². The molecule has 1 aromatic carbocycles. The van der Waals surface area contributed by atoms with Gasteiger partial charge in [-0.25, -0.2) is 0 Å². The predicted molar refractivity (Wildman–Crippen MR) is 58.8 cm³/mol. The zero-order valence-electron chi connectivity index (χ0n) is 8.44. The summed E-state index contributed by atoms with van der Waals surface area (Å²) in [7, 11) is 0. The Morgan fingerprint density at radius 3 is 2.79 bits per heavy atom. The Morgan fingerprint density at radius 1 is 1.36 bits per heavy atom. The van der Waals surface area contributed by atoms with Crippen molar-refractivity contribution < 1.29 is 5.11 Å². The van der Waals surface area contributed by atoms with Crippen LogP contribution in [0.5, 0.6) is 0 Å². The fraction of sp³-hybridized carbons (Fsp3) is 0.500. The average Bonchev–Trinajstić information content (AvgIpc) is 2.20. The maximum Gasteiger partial charge on any atom is 0.0699 e. The molecule has 0 fully saturated rings. The van der Waals surface area contributed by atoms with Crippen molar-refractivity contribution >= 4 is 11.6 Å². The highest BCUT2D eigenvalue weighted by molar-refractivity contribution is 6.32. The Balaban J connectivity index is 2.60. The number of aliphatic hydroxyl groups is 1. The van der Waals surface area contributed by atoms with E-state index in [9.17, 15) is 5.11 Å². The van der Waals surface area contributed by atoms with Crippen molar-refractivity contribution in [2.45, 2.75) is 39.2 Å². The molecule has 2 heteroatoms. The van der Waals surface area contributed by atoms with Crippen LogP contribution in [0.3, 0.4) is 0 Å². The van der Waals surface area contributed by atoms with Crippen LogP contribution in [0.15, 0.2) is 6.07 Å². The molecule has 1 aliphatic carbocycles. The second kappa shape index (κ2) is 3.92. The van der Waals surface area contributed by atoms with Gasteiger partial charge in [-0.1, -0.05) is 17.7 Å². The Bertz CT molecular complexity index is 358. The highest BCUT2D eigenvalue weighted by Gasteiger charge is 2.16. The first-order valence-corrected chi connectivity index (χ1v) is 5.52. The second-order valence-electron chi connectivity index (χ2n) is 3.99.